The highest BCUT2D eigenvalue weighted by Crippen LogP contribution is 2.51. The van der Waals surface area contributed by atoms with Crippen LogP contribution in [0.15, 0.2) is 23.8 Å². The molecule has 2 aliphatic carbocycles. The number of fused-ring (bicyclic) bond motifs is 1. The zero-order valence-electron chi connectivity index (χ0n) is 27.5. The Hall–Kier alpha value is -3.70. The van der Waals surface area contributed by atoms with Gasteiger partial charge in [0.25, 0.3) is 0 Å². The number of hydrogen-bond donors (Lipinski definition) is 0. The van der Waals surface area contributed by atoms with Crippen LogP contribution < -0.4 is 0 Å². The second-order valence-electron chi connectivity index (χ2n) is 12.4. The van der Waals surface area contributed by atoms with Crippen LogP contribution in [-0.2, 0) is 57.2 Å². The quantitative estimate of drug-likeness (QED) is 0.240. The lowest BCUT2D eigenvalue weighted by atomic mass is 9.74. The monoisotopic (exact) mass is 622 g/mol. The minimum atomic E-state index is -1.53. The van der Waals surface area contributed by atoms with Crippen LogP contribution in [0.5, 0.6) is 0 Å². The zero-order chi connectivity index (χ0) is 33.7. The van der Waals surface area contributed by atoms with Crippen molar-refractivity contribution in [1.82, 2.24) is 0 Å². The molecule has 9 atom stereocenters. The van der Waals surface area contributed by atoms with Gasteiger partial charge in [-0.15, -0.1) is 0 Å². The average Bonchev–Trinajstić information content (AvgIpc) is 3.10. The first-order valence-corrected chi connectivity index (χ1v) is 14.6. The van der Waals surface area contributed by atoms with Crippen molar-refractivity contribution in [3.05, 3.63) is 23.8 Å². The third-order valence-corrected chi connectivity index (χ3v) is 7.95. The van der Waals surface area contributed by atoms with Gasteiger partial charge in [-0.3, -0.25) is 28.8 Å². The van der Waals surface area contributed by atoms with E-state index in [0.717, 1.165) is 0 Å². The summed E-state index contributed by atoms with van der Waals surface area (Å²) in [5.41, 5.74) is -2.25. The van der Waals surface area contributed by atoms with Crippen LogP contribution in [0, 0.1) is 23.2 Å². The summed E-state index contributed by atoms with van der Waals surface area (Å²) in [5, 5.41) is 0. The predicted octanol–water partition coefficient (Wildman–Crippen LogP) is 3.78. The van der Waals surface area contributed by atoms with Crippen molar-refractivity contribution in [1.29, 1.82) is 0 Å². The van der Waals surface area contributed by atoms with Gasteiger partial charge in [0.2, 0.25) is 0 Å². The van der Waals surface area contributed by atoms with E-state index in [1.807, 2.05) is 6.92 Å². The van der Waals surface area contributed by atoms with Crippen molar-refractivity contribution >= 4 is 35.8 Å². The molecule has 12 nitrogen and oxygen atoms in total. The van der Waals surface area contributed by atoms with E-state index < -0.39 is 89.2 Å². The molecule has 0 saturated heterocycles. The first-order chi connectivity index (χ1) is 20.2. The number of carbonyl (C=O) groups excluding carboxylic acids is 6. The second kappa shape index (κ2) is 14.4. The van der Waals surface area contributed by atoms with E-state index in [4.69, 9.17) is 28.4 Å². The van der Waals surface area contributed by atoms with Gasteiger partial charge in [-0.25, -0.2) is 0 Å². The van der Waals surface area contributed by atoms with Crippen molar-refractivity contribution in [2.24, 2.45) is 23.2 Å². The minimum Gasteiger partial charge on any atom is -0.461 e. The molecule has 44 heavy (non-hydrogen) atoms. The third-order valence-electron chi connectivity index (χ3n) is 7.95. The first-order valence-electron chi connectivity index (χ1n) is 14.6. The van der Waals surface area contributed by atoms with Crippen LogP contribution >= 0.6 is 0 Å². The summed E-state index contributed by atoms with van der Waals surface area (Å²) in [5.74, 6) is -5.84. The molecular formula is C32H46O12. The van der Waals surface area contributed by atoms with Gasteiger partial charge in [-0.2, -0.15) is 0 Å². The normalized spacial score (nSPS) is 35.1. The molecule has 246 valence electrons. The van der Waals surface area contributed by atoms with E-state index in [2.05, 4.69) is 0 Å². The summed E-state index contributed by atoms with van der Waals surface area (Å²) < 4.78 is 35.0. The molecule has 0 unspecified atom stereocenters. The fourth-order valence-corrected chi connectivity index (χ4v) is 6.44. The highest BCUT2D eigenvalue weighted by molar-refractivity contribution is 5.70. The summed E-state index contributed by atoms with van der Waals surface area (Å²) in [6, 6.07) is 0. The Bertz CT molecular complexity index is 1200. The number of carbonyl (C=O) groups is 6. The van der Waals surface area contributed by atoms with Crippen LogP contribution in [0.3, 0.4) is 0 Å². The smallest absolute Gasteiger partial charge is 0.303 e. The maximum Gasteiger partial charge on any atom is 0.303 e. The molecule has 2 rings (SSSR count). The molecule has 2 aliphatic rings. The summed E-state index contributed by atoms with van der Waals surface area (Å²) in [7, 11) is 0. The lowest BCUT2D eigenvalue weighted by Crippen LogP contribution is -2.56. The van der Waals surface area contributed by atoms with E-state index in [1.54, 1.807) is 45.9 Å². The highest BCUT2D eigenvalue weighted by atomic mass is 16.6. The third kappa shape index (κ3) is 8.69. The standard InChI is InChI=1S/C32H46O12/c1-16-12-13-31(10,11)30(43-23(8)37)28(41-21(6)35)27(40-20(5)34)17(2)14-25-26(39-19(4)33)18(3)15-32(25,44-24(9)38)29(16)42-22(7)36/h12-14,16,18,25-30H,15H2,1-11H3/b13-12+,17-14+/t16-,18+,25-,26-,27-,28-,29+,30+,32+/m0/s1. The molecule has 0 amide bonds. The average molecular weight is 623 g/mol. The van der Waals surface area contributed by atoms with Gasteiger partial charge in [0.15, 0.2) is 23.9 Å². The molecule has 0 bridgehead atoms. The van der Waals surface area contributed by atoms with Crippen molar-refractivity contribution < 1.29 is 57.2 Å². The van der Waals surface area contributed by atoms with Crippen molar-refractivity contribution in [2.75, 3.05) is 0 Å². The molecule has 12 heteroatoms. The summed E-state index contributed by atoms with van der Waals surface area (Å²) in [6.07, 6.45) is -0.429. The summed E-state index contributed by atoms with van der Waals surface area (Å²) in [6.45, 7) is 16.0. The number of hydrogen-bond acceptors (Lipinski definition) is 12. The van der Waals surface area contributed by atoms with Crippen molar-refractivity contribution in [3.8, 4) is 0 Å². The molecule has 0 aromatic rings. The minimum absolute atomic E-state index is 0.153. The molecule has 0 aliphatic heterocycles. The van der Waals surface area contributed by atoms with E-state index in [1.165, 1.54) is 41.5 Å². The number of esters is 6. The Balaban J connectivity index is 3.09. The summed E-state index contributed by atoms with van der Waals surface area (Å²) >= 11 is 0. The fourth-order valence-electron chi connectivity index (χ4n) is 6.44. The highest BCUT2D eigenvalue weighted by Gasteiger charge is 2.62. The first kappa shape index (κ1) is 36.5. The Morgan fingerprint density at radius 2 is 1.16 bits per heavy atom. The van der Waals surface area contributed by atoms with Gasteiger partial charge >= 0.3 is 35.8 Å². The van der Waals surface area contributed by atoms with Gasteiger partial charge in [0, 0.05) is 52.9 Å². The number of ether oxygens (including phenoxy) is 6. The van der Waals surface area contributed by atoms with Gasteiger partial charge in [-0.05, 0) is 24.8 Å². The van der Waals surface area contributed by atoms with Crippen LogP contribution in [-0.4, -0.2) is 71.9 Å². The van der Waals surface area contributed by atoms with Crippen LogP contribution in [0.4, 0.5) is 0 Å². The van der Waals surface area contributed by atoms with E-state index in [9.17, 15) is 28.8 Å². The molecule has 0 heterocycles. The van der Waals surface area contributed by atoms with Crippen LogP contribution in [0.2, 0.25) is 0 Å². The Kier molecular flexibility index (Phi) is 11.9. The van der Waals surface area contributed by atoms with Gasteiger partial charge in [0.1, 0.15) is 12.2 Å². The maximum atomic E-state index is 12.7. The van der Waals surface area contributed by atoms with E-state index >= 15 is 0 Å². The topological polar surface area (TPSA) is 158 Å². The number of rotatable bonds is 6. The van der Waals surface area contributed by atoms with Crippen molar-refractivity contribution in [2.45, 2.75) is 119 Å². The van der Waals surface area contributed by atoms with Gasteiger partial charge in [0.05, 0.1) is 5.92 Å². The Morgan fingerprint density at radius 3 is 1.64 bits per heavy atom. The molecule has 0 radical (unpaired) electrons. The fraction of sp³-hybridized carbons (Fsp3) is 0.688. The van der Waals surface area contributed by atoms with E-state index in [0.29, 0.717) is 5.57 Å². The molecular weight excluding hydrogens is 576 g/mol. The lowest BCUT2D eigenvalue weighted by molar-refractivity contribution is -0.197. The lowest BCUT2D eigenvalue weighted by Gasteiger charge is -2.44. The molecule has 0 N–H and O–H groups in total. The van der Waals surface area contributed by atoms with Crippen LogP contribution in [0.25, 0.3) is 0 Å². The summed E-state index contributed by atoms with van der Waals surface area (Å²) in [4.78, 5) is 74.8. The second-order valence-corrected chi connectivity index (χ2v) is 12.4. The van der Waals surface area contributed by atoms with Crippen molar-refractivity contribution in [3.63, 3.8) is 0 Å². The van der Waals surface area contributed by atoms with Gasteiger partial charge < -0.3 is 28.4 Å². The van der Waals surface area contributed by atoms with Gasteiger partial charge in [-0.1, -0.05) is 45.9 Å². The Labute approximate surface area is 258 Å². The molecule has 0 spiro atoms. The van der Waals surface area contributed by atoms with Crippen LogP contribution in [0.1, 0.15) is 82.6 Å². The molecule has 0 aromatic heterocycles. The SMILES string of the molecule is CC(=O)O[C@@H]1[C@@H](OC(C)=O)C(C)(C)/C=C/[C@H](C)[C@@H](OC(C)=O)[C@@]2(OC(C)=O)C[C@@H](C)[C@H](OC(C)=O)[C@@H]2/C=C(\C)[C@@H]1OC(C)=O. The maximum absolute atomic E-state index is 12.7. The van der Waals surface area contributed by atoms with E-state index in [-0.39, 0.29) is 12.3 Å². The zero-order valence-corrected chi connectivity index (χ0v) is 27.5. The Morgan fingerprint density at radius 1 is 0.682 bits per heavy atom. The molecule has 0 aromatic carbocycles. The molecule has 1 fully saturated rings. The predicted molar refractivity (Wildman–Crippen MR) is 155 cm³/mol. The largest absolute Gasteiger partial charge is 0.461 e. The molecule has 1 saturated carbocycles.